The molecular weight excluding hydrogens is 540 g/mol. The molecule has 0 aliphatic heterocycles. The maximum Gasteiger partial charge on any atom is 0.250 e. The van der Waals surface area contributed by atoms with E-state index in [0.717, 1.165) is 21.8 Å². The number of imidazole rings is 1. The Morgan fingerprint density at radius 1 is 1.26 bits per heavy atom. The third kappa shape index (κ3) is 5.72. The van der Waals surface area contributed by atoms with Crippen molar-refractivity contribution in [1.29, 1.82) is 0 Å². The summed E-state index contributed by atoms with van der Waals surface area (Å²) < 4.78 is 7.67. The van der Waals surface area contributed by atoms with E-state index >= 15 is 0 Å². The Hall–Kier alpha value is -3.01. The highest BCUT2D eigenvalue weighted by atomic mass is 79.9. The Bertz CT molecular complexity index is 1360. The topological polar surface area (TPSA) is 88.7 Å². The van der Waals surface area contributed by atoms with Crippen LogP contribution in [0.5, 0.6) is 11.5 Å². The molecule has 7 nitrogen and oxygen atoms in total. The lowest BCUT2D eigenvalue weighted by atomic mass is 10.2. The van der Waals surface area contributed by atoms with E-state index in [2.05, 4.69) is 31.0 Å². The average molecular weight is 560 g/mol. The predicted molar refractivity (Wildman–Crippen MR) is 139 cm³/mol. The SMILES string of the molecule is COc1cc(/C=N/NC(=O)CSc2nc3ccccc3n2Cc2ccc(Cl)cc2)cc(Br)c1O. The van der Waals surface area contributed by atoms with Crippen molar-refractivity contribution in [3.05, 3.63) is 81.3 Å². The van der Waals surface area contributed by atoms with Crippen molar-refractivity contribution >= 4 is 62.4 Å². The van der Waals surface area contributed by atoms with Crippen LogP contribution in [-0.2, 0) is 11.3 Å². The minimum atomic E-state index is -0.267. The molecule has 1 amide bonds. The number of benzene rings is 3. The first-order valence-electron chi connectivity index (χ1n) is 10.2. The molecule has 0 atom stereocenters. The Morgan fingerprint density at radius 2 is 2.03 bits per heavy atom. The van der Waals surface area contributed by atoms with Gasteiger partial charge in [-0.1, -0.05) is 47.6 Å². The number of fused-ring (bicyclic) bond motifs is 1. The zero-order valence-electron chi connectivity index (χ0n) is 18.0. The van der Waals surface area contributed by atoms with Crippen molar-refractivity contribution < 1.29 is 14.6 Å². The van der Waals surface area contributed by atoms with E-state index in [9.17, 15) is 9.90 Å². The zero-order chi connectivity index (χ0) is 24.1. The molecule has 0 fully saturated rings. The van der Waals surface area contributed by atoms with Crippen molar-refractivity contribution in [3.8, 4) is 11.5 Å². The van der Waals surface area contributed by atoms with Gasteiger partial charge in [0.1, 0.15) is 0 Å². The third-order valence-corrected chi connectivity index (χ3v) is 6.71. The van der Waals surface area contributed by atoms with E-state index < -0.39 is 0 Å². The van der Waals surface area contributed by atoms with Crippen LogP contribution in [0.15, 0.2) is 75.4 Å². The molecule has 0 aliphatic rings. The van der Waals surface area contributed by atoms with Crippen molar-refractivity contribution in [1.82, 2.24) is 15.0 Å². The highest BCUT2D eigenvalue weighted by Gasteiger charge is 2.13. The number of carbonyl (C=O) groups excluding carboxylic acids is 1. The second kappa shape index (κ2) is 10.9. The Balaban J connectivity index is 1.44. The summed E-state index contributed by atoms with van der Waals surface area (Å²) in [7, 11) is 1.46. The Labute approximate surface area is 213 Å². The van der Waals surface area contributed by atoms with Crippen molar-refractivity contribution in [2.45, 2.75) is 11.7 Å². The van der Waals surface area contributed by atoms with Crippen LogP contribution in [0.25, 0.3) is 11.0 Å². The van der Waals surface area contributed by atoms with Gasteiger partial charge in [0.05, 0.1) is 41.1 Å². The number of aromatic nitrogens is 2. The second-order valence-electron chi connectivity index (χ2n) is 7.23. The summed E-state index contributed by atoms with van der Waals surface area (Å²) in [5, 5.41) is 15.3. The average Bonchev–Trinajstić information content (AvgIpc) is 3.18. The largest absolute Gasteiger partial charge is 0.503 e. The Morgan fingerprint density at radius 3 is 2.79 bits per heavy atom. The van der Waals surface area contributed by atoms with Gasteiger partial charge in [-0.2, -0.15) is 5.10 Å². The van der Waals surface area contributed by atoms with E-state index in [1.54, 1.807) is 12.1 Å². The van der Waals surface area contributed by atoms with Crippen molar-refractivity contribution in [3.63, 3.8) is 0 Å². The van der Waals surface area contributed by atoms with Gasteiger partial charge in [0.15, 0.2) is 16.7 Å². The molecule has 1 heterocycles. The van der Waals surface area contributed by atoms with Gasteiger partial charge in [-0.3, -0.25) is 4.79 Å². The normalized spacial score (nSPS) is 11.3. The molecule has 174 valence electrons. The van der Waals surface area contributed by atoms with Gasteiger partial charge in [-0.25, -0.2) is 10.4 Å². The van der Waals surface area contributed by atoms with Crippen LogP contribution in [0.2, 0.25) is 5.02 Å². The number of amides is 1. The number of nitrogens with one attached hydrogen (secondary N) is 1. The Kier molecular flexibility index (Phi) is 7.77. The first kappa shape index (κ1) is 24.1. The molecule has 1 aromatic heterocycles. The van der Waals surface area contributed by atoms with Gasteiger partial charge in [0.2, 0.25) is 0 Å². The van der Waals surface area contributed by atoms with Crippen LogP contribution < -0.4 is 10.2 Å². The van der Waals surface area contributed by atoms with E-state index in [0.29, 0.717) is 27.4 Å². The van der Waals surface area contributed by atoms with E-state index in [1.165, 1.54) is 25.1 Å². The summed E-state index contributed by atoms with van der Waals surface area (Å²) in [6, 6.07) is 18.8. The fourth-order valence-electron chi connectivity index (χ4n) is 3.25. The van der Waals surface area contributed by atoms with Crippen LogP contribution in [-0.4, -0.2) is 39.6 Å². The number of rotatable bonds is 8. The quantitative estimate of drug-likeness (QED) is 0.170. The molecule has 3 aromatic carbocycles. The standard InChI is InChI=1S/C24H20BrClN4O3S/c1-33-21-11-16(10-18(25)23(21)32)12-27-29-22(31)14-34-24-28-19-4-2-3-5-20(19)30(24)13-15-6-8-17(26)9-7-15/h2-12,32H,13-14H2,1H3,(H,29,31)/b27-12+. The lowest BCUT2D eigenvalue weighted by molar-refractivity contribution is -0.118. The molecule has 0 spiro atoms. The van der Waals surface area contributed by atoms with Crippen molar-refractivity contribution in [2.24, 2.45) is 5.10 Å². The fourth-order valence-corrected chi connectivity index (χ4v) is 4.65. The van der Waals surface area contributed by atoms with E-state index in [1.807, 2.05) is 48.5 Å². The highest BCUT2D eigenvalue weighted by Crippen LogP contribution is 2.34. The number of para-hydroxylation sites is 2. The van der Waals surface area contributed by atoms with E-state index in [-0.39, 0.29) is 17.4 Å². The maximum absolute atomic E-state index is 12.4. The number of hydrogen-bond donors (Lipinski definition) is 2. The first-order chi connectivity index (χ1) is 16.4. The van der Waals surface area contributed by atoms with E-state index in [4.69, 9.17) is 21.3 Å². The number of nitrogens with zero attached hydrogens (tertiary/aromatic N) is 3. The number of carbonyl (C=O) groups is 1. The van der Waals surface area contributed by atoms with Gasteiger partial charge in [-0.05, 0) is 63.5 Å². The number of methoxy groups -OCH3 is 1. The first-order valence-corrected chi connectivity index (χ1v) is 12.3. The smallest absolute Gasteiger partial charge is 0.250 e. The maximum atomic E-state index is 12.4. The molecule has 0 radical (unpaired) electrons. The second-order valence-corrected chi connectivity index (χ2v) is 9.46. The fraction of sp³-hybridized carbons (Fsp3) is 0.125. The molecule has 0 unspecified atom stereocenters. The number of phenols is 1. The molecule has 0 aliphatic carbocycles. The molecule has 4 aromatic rings. The number of hydrazone groups is 1. The monoisotopic (exact) mass is 558 g/mol. The highest BCUT2D eigenvalue weighted by molar-refractivity contribution is 9.10. The minimum Gasteiger partial charge on any atom is -0.503 e. The number of ether oxygens (including phenoxy) is 1. The summed E-state index contributed by atoms with van der Waals surface area (Å²) in [6.07, 6.45) is 1.48. The van der Waals surface area contributed by atoms with Gasteiger partial charge < -0.3 is 14.4 Å². The van der Waals surface area contributed by atoms with Crippen LogP contribution >= 0.6 is 39.3 Å². The predicted octanol–water partition coefficient (Wildman–Crippen LogP) is 5.46. The molecule has 10 heteroatoms. The lowest BCUT2D eigenvalue weighted by Gasteiger charge is -2.09. The van der Waals surface area contributed by atoms with Gasteiger partial charge in [0.25, 0.3) is 5.91 Å². The van der Waals surface area contributed by atoms with Gasteiger partial charge in [0, 0.05) is 5.02 Å². The third-order valence-electron chi connectivity index (χ3n) is 4.88. The molecule has 0 saturated carbocycles. The molecule has 2 N–H and O–H groups in total. The van der Waals surface area contributed by atoms with Crippen LogP contribution in [0, 0.1) is 0 Å². The summed E-state index contributed by atoms with van der Waals surface area (Å²) in [5.74, 6) is 0.180. The number of thioether (sulfide) groups is 1. The molecule has 34 heavy (non-hydrogen) atoms. The lowest BCUT2D eigenvalue weighted by Crippen LogP contribution is -2.20. The molecule has 0 bridgehead atoms. The number of hydrogen-bond acceptors (Lipinski definition) is 6. The van der Waals surface area contributed by atoms with Crippen molar-refractivity contribution in [2.75, 3.05) is 12.9 Å². The van der Waals surface area contributed by atoms with Crippen LogP contribution in [0.3, 0.4) is 0 Å². The van der Waals surface area contributed by atoms with Crippen LogP contribution in [0.4, 0.5) is 0 Å². The summed E-state index contributed by atoms with van der Waals surface area (Å²) in [4.78, 5) is 17.1. The number of phenolic OH excluding ortho intramolecular Hbond substituents is 1. The van der Waals surface area contributed by atoms with Gasteiger partial charge >= 0.3 is 0 Å². The summed E-state index contributed by atoms with van der Waals surface area (Å²) in [6.45, 7) is 0.608. The molecule has 4 rings (SSSR count). The summed E-state index contributed by atoms with van der Waals surface area (Å²) in [5.41, 5.74) is 6.11. The zero-order valence-corrected chi connectivity index (χ0v) is 21.2. The molecular formula is C24H20BrClN4O3S. The van der Waals surface area contributed by atoms with Gasteiger partial charge in [-0.15, -0.1) is 0 Å². The number of aromatic hydroxyl groups is 1. The number of halogens is 2. The minimum absolute atomic E-state index is 0.00146. The molecule has 0 saturated heterocycles. The summed E-state index contributed by atoms with van der Waals surface area (Å²) >= 11 is 10.6. The van der Waals surface area contributed by atoms with Crippen LogP contribution in [0.1, 0.15) is 11.1 Å².